The molecule has 0 spiro atoms. The van der Waals surface area contributed by atoms with E-state index in [0.29, 0.717) is 5.57 Å². The number of carbonyl (C=O) groups excluding carboxylic acids is 1. The number of rotatable bonds is 3. The van der Waals surface area contributed by atoms with Gasteiger partial charge in [-0.1, -0.05) is 18.7 Å². The van der Waals surface area contributed by atoms with Crippen molar-refractivity contribution in [3.05, 3.63) is 36.4 Å². The Balaban J connectivity index is 0.00000196. The molecule has 1 aromatic rings. The monoisotopic (exact) mass is 226 g/mol. The number of halogens is 1. The Hall–Kier alpha value is -1.32. The van der Waals surface area contributed by atoms with Crippen molar-refractivity contribution in [2.45, 2.75) is 6.92 Å². The van der Waals surface area contributed by atoms with E-state index in [0.717, 1.165) is 11.4 Å². The maximum atomic E-state index is 11.4. The highest BCUT2D eigenvalue weighted by Crippen LogP contribution is 2.15. The van der Waals surface area contributed by atoms with Crippen LogP contribution >= 0.6 is 0 Å². The summed E-state index contributed by atoms with van der Waals surface area (Å²) < 4.78 is 0. The van der Waals surface area contributed by atoms with Crippen LogP contribution in [0.1, 0.15) is 6.92 Å². The Morgan fingerprint density at radius 1 is 1.40 bits per heavy atom. The number of nitrogens with two attached hydrogens (primary N) is 1. The molecule has 0 aliphatic heterocycles. The van der Waals surface area contributed by atoms with Crippen LogP contribution in [-0.2, 0) is 4.79 Å². The molecule has 0 saturated carbocycles. The second-order valence-electron chi connectivity index (χ2n) is 3.11. The van der Waals surface area contributed by atoms with Gasteiger partial charge in [-0.3, -0.25) is 4.79 Å². The first-order chi connectivity index (χ1) is 6.65. The second-order valence-corrected chi connectivity index (χ2v) is 3.11. The summed E-state index contributed by atoms with van der Waals surface area (Å²) >= 11 is 0. The molecule has 0 bridgehead atoms. The zero-order valence-corrected chi connectivity index (χ0v) is 9.64. The molecule has 0 radical (unpaired) electrons. The molecule has 1 amide bonds. The molecule has 0 aromatic heterocycles. The minimum Gasteiger partial charge on any atom is -1.00 e. The van der Waals surface area contributed by atoms with E-state index in [9.17, 15) is 4.79 Å². The normalized spacial score (nSPS) is 8.93. The smallest absolute Gasteiger partial charge is 0.250 e. The van der Waals surface area contributed by atoms with Gasteiger partial charge >= 0.3 is 0 Å². The largest absolute Gasteiger partial charge is 1.00 e. The van der Waals surface area contributed by atoms with Gasteiger partial charge in [0, 0.05) is 11.6 Å². The topological polar surface area (TPSA) is 45.7 Å². The molecule has 0 aliphatic carbocycles. The molecule has 15 heavy (non-hydrogen) atoms. The maximum absolute atomic E-state index is 11.4. The number of hydrogen-bond acceptors (Lipinski definition) is 1. The summed E-state index contributed by atoms with van der Waals surface area (Å²) in [6.45, 7) is 5.27. The minimum atomic E-state index is -0.140. The molecule has 0 heterocycles. The van der Waals surface area contributed by atoms with Gasteiger partial charge in [-0.15, -0.1) is 0 Å². The summed E-state index contributed by atoms with van der Waals surface area (Å²) in [6, 6.07) is 7.65. The number of amides is 1. The Morgan fingerprint density at radius 2 is 2.00 bits per heavy atom. The number of nitrogens with one attached hydrogen (secondary N) is 1. The molecule has 4 heteroatoms. The van der Waals surface area contributed by atoms with Gasteiger partial charge in [0.15, 0.2) is 5.69 Å². The third kappa shape index (κ3) is 3.73. The second kappa shape index (κ2) is 6.22. The van der Waals surface area contributed by atoms with E-state index >= 15 is 0 Å². The average molecular weight is 227 g/mol. The van der Waals surface area contributed by atoms with Crippen molar-refractivity contribution in [3.63, 3.8) is 0 Å². The number of hydrogen-bond donors (Lipinski definition) is 2. The molecule has 3 nitrogen and oxygen atoms in total. The van der Waals surface area contributed by atoms with Crippen molar-refractivity contribution in [1.82, 2.24) is 0 Å². The summed E-state index contributed by atoms with van der Waals surface area (Å²) in [5.74, 6) is -0.140. The third-order valence-electron chi connectivity index (χ3n) is 1.91. The van der Waals surface area contributed by atoms with Crippen molar-refractivity contribution >= 4 is 17.3 Å². The van der Waals surface area contributed by atoms with Gasteiger partial charge in [-0.25, -0.2) is 0 Å². The molecular weight excluding hydrogens is 212 g/mol. The van der Waals surface area contributed by atoms with Crippen LogP contribution in [0.3, 0.4) is 0 Å². The van der Waals surface area contributed by atoms with Gasteiger partial charge in [0.05, 0.1) is 7.05 Å². The summed E-state index contributed by atoms with van der Waals surface area (Å²) in [5, 5.41) is 4.74. The Labute approximate surface area is 96.0 Å². The average Bonchev–Trinajstić information content (AvgIpc) is 2.18. The lowest BCUT2D eigenvalue weighted by Gasteiger charge is -2.06. The Kier molecular flexibility index (Phi) is 5.67. The van der Waals surface area contributed by atoms with E-state index in [-0.39, 0.29) is 18.3 Å². The van der Waals surface area contributed by atoms with Crippen molar-refractivity contribution in [3.8, 4) is 0 Å². The summed E-state index contributed by atoms with van der Waals surface area (Å²) in [7, 11) is 1.94. The lowest BCUT2D eigenvalue weighted by Crippen LogP contribution is -3.00. The first-order valence-electron chi connectivity index (χ1n) is 4.50. The molecule has 0 fully saturated rings. The van der Waals surface area contributed by atoms with Gasteiger partial charge in [0.25, 0.3) is 5.91 Å². The Bertz CT molecular complexity index is 363. The van der Waals surface area contributed by atoms with E-state index in [2.05, 4.69) is 11.9 Å². The summed E-state index contributed by atoms with van der Waals surface area (Å²) in [6.07, 6.45) is 0. The molecule has 0 aliphatic rings. The molecule has 1 aromatic carbocycles. The number of quaternary nitrogens is 1. The zero-order valence-electron chi connectivity index (χ0n) is 8.88. The minimum absolute atomic E-state index is 0. The SMILES string of the molecule is C=C(C)C(=O)Nc1ccccc1[NH2+]C.[Cl-]. The van der Waals surface area contributed by atoms with Crippen LogP contribution in [0.4, 0.5) is 11.4 Å². The highest BCUT2D eigenvalue weighted by Gasteiger charge is 2.07. The van der Waals surface area contributed by atoms with Gasteiger partial charge < -0.3 is 23.0 Å². The van der Waals surface area contributed by atoms with E-state index in [1.165, 1.54) is 0 Å². The van der Waals surface area contributed by atoms with Crippen molar-refractivity contribution in [2.75, 3.05) is 12.4 Å². The van der Waals surface area contributed by atoms with E-state index in [1.54, 1.807) is 6.92 Å². The molecule has 3 N–H and O–H groups in total. The van der Waals surface area contributed by atoms with Crippen LogP contribution in [0.5, 0.6) is 0 Å². The first-order valence-corrected chi connectivity index (χ1v) is 4.50. The van der Waals surface area contributed by atoms with Crippen molar-refractivity contribution in [2.24, 2.45) is 0 Å². The fourth-order valence-electron chi connectivity index (χ4n) is 1.09. The van der Waals surface area contributed by atoms with Crippen LogP contribution in [-0.4, -0.2) is 13.0 Å². The number of para-hydroxylation sites is 2. The van der Waals surface area contributed by atoms with Gasteiger partial charge in [-0.05, 0) is 13.0 Å². The van der Waals surface area contributed by atoms with Crippen molar-refractivity contribution < 1.29 is 22.5 Å². The third-order valence-corrected chi connectivity index (χ3v) is 1.91. The maximum Gasteiger partial charge on any atom is 0.250 e. The van der Waals surface area contributed by atoms with E-state index < -0.39 is 0 Å². The molecule has 0 saturated heterocycles. The standard InChI is InChI=1S/C11H14N2O.ClH/c1-8(2)11(14)13-10-7-5-4-6-9(10)12-3;/h4-7,12H,1H2,2-3H3,(H,13,14);1H. The number of anilines is 1. The lowest BCUT2D eigenvalue weighted by atomic mass is 10.2. The fraction of sp³-hybridized carbons (Fsp3) is 0.182. The highest BCUT2D eigenvalue weighted by atomic mass is 35.5. The van der Waals surface area contributed by atoms with Gasteiger partial charge in [-0.2, -0.15) is 0 Å². The molecule has 1 rings (SSSR count). The lowest BCUT2D eigenvalue weighted by molar-refractivity contribution is -0.538. The zero-order chi connectivity index (χ0) is 10.6. The van der Waals surface area contributed by atoms with Crippen LogP contribution in [0.15, 0.2) is 36.4 Å². The molecule has 82 valence electrons. The van der Waals surface area contributed by atoms with Crippen LogP contribution in [0, 0.1) is 0 Å². The van der Waals surface area contributed by atoms with E-state index in [4.69, 9.17) is 0 Å². The molecular formula is C11H15ClN2O. The fourth-order valence-corrected chi connectivity index (χ4v) is 1.09. The van der Waals surface area contributed by atoms with Crippen LogP contribution in [0.25, 0.3) is 0 Å². The van der Waals surface area contributed by atoms with Crippen molar-refractivity contribution in [1.29, 1.82) is 0 Å². The molecule has 0 unspecified atom stereocenters. The summed E-state index contributed by atoms with van der Waals surface area (Å²) in [4.78, 5) is 11.4. The number of benzene rings is 1. The van der Waals surface area contributed by atoms with Crippen LogP contribution < -0.4 is 23.0 Å². The predicted molar refractivity (Wildman–Crippen MR) is 57.4 cm³/mol. The van der Waals surface area contributed by atoms with Crippen LogP contribution in [0.2, 0.25) is 0 Å². The van der Waals surface area contributed by atoms with E-state index in [1.807, 2.05) is 36.6 Å². The molecule has 0 atom stereocenters. The van der Waals surface area contributed by atoms with Gasteiger partial charge in [0.2, 0.25) is 0 Å². The predicted octanol–water partition coefficient (Wildman–Crippen LogP) is -1.97. The Morgan fingerprint density at radius 3 is 2.53 bits per heavy atom. The highest BCUT2D eigenvalue weighted by molar-refractivity contribution is 6.03. The quantitative estimate of drug-likeness (QED) is 0.456. The number of carbonyl (C=O) groups is 1. The van der Waals surface area contributed by atoms with Gasteiger partial charge in [0.1, 0.15) is 5.69 Å². The summed E-state index contributed by atoms with van der Waals surface area (Å²) in [5.41, 5.74) is 2.35. The first kappa shape index (κ1) is 13.7.